The van der Waals surface area contributed by atoms with Gasteiger partial charge in [-0.05, 0) is 43.2 Å². The van der Waals surface area contributed by atoms with Gasteiger partial charge in [0.2, 0.25) is 0 Å². The Morgan fingerprint density at radius 2 is 2.00 bits per heavy atom. The average Bonchev–Trinajstić information content (AvgIpc) is 2.54. The number of carbonyl (C=O) groups is 1. The number of benzene rings is 1. The number of piperidine rings is 1. The number of carbonyl (C=O) groups excluding carboxylic acids is 1. The van der Waals surface area contributed by atoms with Gasteiger partial charge in [0.1, 0.15) is 10.7 Å². The number of rotatable bonds is 3. The molecule has 3 rings (SSSR count). The predicted molar refractivity (Wildman–Crippen MR) is 110 cm³/mol. The lowest BCUT2D eigenvalue weighted by Crippen LogP contribution is -2.45. The summed E-state index contributed by atoms with van der Waals surface area (Å²) < 4.78 is 1.03. The molecule has 1 fully saturated rings. The van der Waals surface area contributed by atoms with Crippen LogP contribution in [0.4, 0.5) is 0 Å². The number of pyridine rings is 1. The van der Waals surface area contributed by atoms with Gasteiger partial charge in [-0.2, -0.15) is 0 Å². The van der Waals surface area contributed by atoms with Gasteiger partial charge in [-0.25, -0.2) is 4.98 Å². The summed E-state index contributed by atoms with van der Waals surface area (Å²) in [6.07, 6.45) is 1.94. The van der Waals surface area contributed by atoms with Gasteiger partial charge in [0.25, 0.3) is 5.91 Å². The molecule has 1 amide bonds. The molecule has 1 atom stereocenters. The van der Waals surface area contributed by atoms with Crippen LogP contribution in [-0.4, -0.2) is 34.9 Å². The highest BCUT2D eigenvalue weighted by molar-refractivity contribution is 9.10. The molecule has 8 heteroatoms. The second-order valence-electron chi connectivity index (χ2n) is 5.57. The zero-order valence-corrected chi connectivity index (χ0v) is 17.5. The Morgan fingerprint density at radius 3 is 2.72 bits per heavy atom. The topological polar surface area (TPSA) is 59.2 Å². The number of halogens is 3. The van der Waals surface area contributed by atoms with E-state index < -0.39 is 0 Å². The molecule has 1 unspecified atom stereocenters. The van der Waals surface area contributed by atoms with Gasteiger partial charge in [-0.3, -0.25) is 4.79 Å². The van der Waals surface area contributed by atoms with E-state index in [1.807, 2.05) is 41.3 Å². The van der Waals surface area contributed by atoms with E-state index in [0.717, 1.165) is 33.8 Å². The van der Waals surface area contributed by atoms with E-state index in [2.05, 4.69) is 20.9 Å². The fourth-order valence-electron chi connectivity index (χ4n) is 2.60. The van der Waals surface area contributed by atoms with E-state index in [-0.39, 0.29) is 36.8 Å². The Hall–Kier alpha value is -0.790. The van der Waals surface area contributed by atoms with Crippen molar-refractivity contribution in [3.63, 3.8) is 0 Å². The zero-order valence-electron chi connectivity index (χ0n) is 13.4. The summed E-state index contributed by atoms with van der Waals surface area (Å²) in [5, 5.41) is 0.815. The maximum atomic E-state index is 12.6. The minimum atomic E-state index is -0.0307. The monoisotopic (exact) mass is 463 g/mol. The molecule has 1 aromatic carbocycles. The van der Waals surface area contributed by atoms with E-state index in [1.54, 1.807) is 17.8 Å². The van der Waals surface area contributed by atoms with Crippen molar-refractivity contribution in [1.82, 2.24) is 9.88 Å². The lowest BCUT2D eigenvalue weighted by atomic mass is 10.1. The van der Waals surface area contributed by atoms with E-state index in [4.69, 9.17) is 5.73 Å². The van der Waals surface area contributed by atoms with Crippen LogP contribution >= 0.6 is 52.5 Å². The molecule has 1 saturated heterocycles. The second-order valence-corrected chi connectivity index (χ2v) is 7.58. The first-order valence-corrected chi connectivity index (χ1v) is 9.18. The molecule has 0 aliphatic carbocycles. The Bertz CT molecular complexity index is 720. The molecule has 0 spiro atoms. The van der Waals surface area contributed by atoms with Gasteiger partial charge in [0.15, 0.2) is 0 Å². The van der Waals surface area contributed by atoms with Crippen LogP contribution in [0, 0.1) is 0 Å². The highest BCUT2D eigenvalue weighted by atomic mass is 79.9. The quantitative estimate of drug-likeness (QED) is 0.731. The van der Waals surface area contributed by atoms with Crippen molar-refractivity contribution in [2.75, 3.05) is 13.1 Å². The van der Waals surface area contributed by atoms with Crippen LogP contribution in [0.5, 0.6) is 0 Å². The summed E-state index contributed by atoms with van der Waals surface area (Å²) in [6, 6.07) is 13.7. The lowest BCUT2D eigenvalue weighted by Gasteiger charge is -2.30. The smallest absolute Gasteiger partial charge is 0.272 e. The fourth-order valence-corrected chi connectivity index (χ4v) is 4.01. The molecule has 1 aromatic heterocycles. The van der Waals surface area contributed by atoms with E-state index in [1.165, 1.54) is 0 Å². The van der Waals surface area contributed by atoms with Crippen molar-refractivity contribution in [1.29, 1.82) is 0 Å². The highest BCUT2D eigenvalue weighted by Gasteiger charge is 2.23. The largest absolute Gasteiger partial charge is 0.336 e. The van der Waals surface area contributed by atoms with E-state index in [9.17, 15) is 4.79 Å². The molecule has 1 aliphatic heterocycles. The van der Waals surface area contributed by atoms with Gasteiger partial charge in [0.05, 0.1) is 0 Å². The summed E-state index contributed by atoms with van der Waals surface area (Å²) in [6.45, 7) is 1.38. The average molecular weight is 465 g/mol. The molecular formula is C17H20BrCl2N3OS. The van der Waals surface area contributed by atoms with Gasteiger partial charge >= 0.3 is 0 Å². The van der Waals surface area contributed by atoms with Crippen LogP contribution in [-0.2, 0) is 0 Å². The number of hydrogen-bond donors (Lipinski definition) is 1. The van der Waals surface area contributed by atoms with Crippen LogP contribution in [0.2, 0.25) is 0 Å². The molecular weight excluding hydrogens is 445 g/mol. The van der Waals surface area contributed by atoms with Crippen molar-refractivity contribution < 1.29 is 4.79 Å². The Morgan fingerprint density at radius 1 is 1.24 bits per heavy atom. The molecule has 0 saturated carbocycles. The van der Waals surface area contributed by atoms with Crippen molar-refractivity contribution in [2.24, 2.45) is 5.73 Å². The minimum absolute atomic E-state index is 0. The Labute approximate surface area is 172 Å². The van der Waals surface area contributed by atoms with Crippen LogP contribution in [0.25, 0.3) is 0 Å². The molecule has 2 aromatic rings. The van der Waals surface area contributed by atoms with E-state index in [0.29, 0.717) is 12.2 Å². The summed E-state index contributed by atoms with van der Waals surface area (Å²) in [5.74, 6) is -0.0307. The summed E-state index contributed by atoms with van der Waals surface area (Å²) in [5.41, 5.74) is 6.45. The Kier molecular flexibility index (Phi) is 9.24. The molecule has 2 N–H and O–H groups in total. The van der Waals surface area contributed by atoms with Gasteiger partial charge in [-0.1, -0.05) is 39.8 Å². The molecule has 2 heterocycles. The van der Waals surface area contributed by atoms with Gasteiger partial charge < -0.3 is 10.6 Å². The van der Waals surface area contributed by atoms with Crippen LogP contribution in [0.3, 0.4) is 0 Å². The van der Waals surface area contributed by atoms with Crippen LogP contribution < -0.4 is 5.73 Å². The fraction of sp³-hybridized carbons (Fsp3) is 0.294. The van der Waals surface area contributed by atoms with Crippen molar-refractivity contribution >= 4 is 58.4 Å². The van der Waals surface area contributed by atoms with Crippen LogP contribution in [0.1, 0.15) is 23.3 Å². The third-order valence-electron chi connectivity index (χ3n) is 3.71. The maximum absolute atomic E-state index is 12.6. The third kappa shape index (κ3) is 6.15. The van der Waals surface area contributed by atoms with E-state index >= 15 is 0 Å². The van der Waals surface area contributed by atoms with Crippen molar-refractivity contribution in [2.45, 2.75) is 28.8 Å². The number of aromatic nitrogens is 1. The lowest BCUT2D eigenvalue weighted by molar-refractivity contribution is 0.0702. The van der Waals surface area contributed by atoms with Crippen molar-refractivity contribution in [3.05, 3.63) is 52.6 Å². The first kappa shape index (κ1) is 22.3. The molecule has 0 bridgehead atoms. The standard InChI is InChI=1S/C17H18BrN3OS.2ClH/c18-12-4-1-6-14(10-12)23-16-8-2-7-15(20-16)17(22)21-9-3-5-13(19)11-21;;/h1-2,4,6-8,10,13H,3,5,9,11,19H2;2*1H. The SMILES string of the molecule is Cl.Cl.NC1CCCN(C(=O)c2cccc(Sc3cccc(Br)c3)n2)C1. The molecule has 1 aliphatic rings. The number of nitrogens with zero attached hydrogens (tertiary/aromatic N) is 2. The normalized spacial score (nSPS) is 16.6. The first-order chi connectivity index (χ1) is 11.1. The van der Waals surface area contributed by atoms with Crippen molar-refractivity contribution in [3.8, 4) is 0 Å². The Balaban J connectivity index is 0.00000156. The molecule has 136 valence electrons. The van der Waals surface area contributed by atoms with Crippen LogP contribution in [0.15, 0.2) is 56.9 Å². The highest BCUT2D eigenvalue weighted by Crippen LogP contribution is 2.28. The number of amides is 1. The molecule has 4 nitrogen and oxygen atoms in total. The second kappa shape index (κ2) is 10.4. The third-order valence-corrected chi connectivity index (χ3v) is 5.13. The maximum Gasteiger partial charge on any atom is 0.272 e. The first-order valence-electron chi connectivity index (χ1n) is 7.57. The predicted octanol–water partition coefficient (Wildman–Crippen LogP) is 4.40. The number of hydrogen-bond acceptors (Lipinski definition) is 4. The molecule has 25 heavy (non-hydrogen) atoms. The summed E-state index contributed by atoms with van der Waals surface area (Å²) in [7, 11) is 0. The summed E-state index contributed by atoms with van der Waals surface area (Å²) in [4.78, 5) is 20.0. The van der Waals surface area contributed by atoms with Gasteiger partial charge in [-0.15, -0.1) is 24.8 Å². The molecule has 0 radical (unpaired) electrons. The number of nitrogens with two attached hydrogens (primary N) is 1. The minimum Gasteiger partial charge on any atom is -0.336 e. The summed E-state index contributed by atoms with van der Waals surface area (Å²) >= 11 is 5.01. The zero-order chi connectivity index (χ0) is 16.2. The van der Waals surface area contributed by atoms with Gasteiger partial charge in [0, 0.05) is 28.5 Å². The number of likely N-dealkylation sites (tertiary alicyclic amines) is 1.